The third-order valence-corrected chi connectivity index (χ3v) is 2.36. The van der Waals surface area contributed by atoms with Gasteiger partial charge in [-0.3, -0.25) is 0 Å². The lowest BCUT2D eigenvalue weighted by Crippen LogP contribution is -2.00. The van der Waals surface area contributed by atoms with Gasteiger partial charge in [0, 0.05) is 0 Å². The van der Waals surface area contributed by atoms with Gasteiger partial charge in [0.05, 0.1) is 0 Å². The Bertz CT molecular complexity index is 163. The number of hydrogen-bond acceptors (Lipinski definition) is 0. The van der Waals surface area contributed by atoms with Crippen molar-refractivity contribution in [3.05, 3.63) is 23.8 Å². The molecule has 0 radical (unpaired) electrons. The molecule has 0 heteroatoms. The van der Waals surface area contributed by atoms with Crippen molar-refractivity contribution < 1.29 is 0 Å². The van der Waals surface area contributed by atoms with E-state index in [9.17, 15) is 0 Å². The maximum Gasteiger partial charge on any atom is -0.0159 e. The highest BCUT2D eigenvalue weighted by Crippen LogP contribution is 2.33. The van der Waals surface area contributed by atoms with Crippen LogP contribution in [0.1, 0.15) is 25.7 Å². The molecule has 0 aromatic carbocycles. The van der Waals surface area contributed by atoms with Gasteiger partial charge in [0.25, 0.3) is 0 Å². The molecule has 0 fully saturated rings. The molecule has 0 aromatic rings. The molecular weight excluding hydrogens is 108 g/mol. The maximum absolute atomic E-state index is 2.39. The van der Waals surface area contributed by atoms with E-state index in [1.54, 1.807) is 5.57 Å². The molecule has 0 amide bonds. The first-order valence-corrected chi connectivity index (χ1v) is 3.83. The van der Waals surface area contributed by atoms with E-state index in [0.717, 1.165) is 5.92 Å². The Morgan fingerprint density at radius 1 is 1.22 bits per heavy atom. The van der Waals surface area contributed by atoms with E-state index in [1.165, 1.54) is 25.7 Å². The SMILES string of the molecule is C1=CC2=CCCC2CC1. The fourth-order valence-corrected chi connectivity index (χ4v) is 1.82. The van der Waals surface area contributed by atoms with Crippen molar-refractivity contribution in [2.24, 2.45) is 5.92 Å². The van der Waals surface area contributed by atoms with Gasteiger partial charge in [-0.15, -0.1) is 0 Å². The highest BCUT2D eigenvalue weighted by Gasteiger charge is 2.18. The van der Waals surface area contributed by atoms with Crippen LogP contribution < -0.4 is 0 Å². The number of rotatable bonds is 0. The lowest BCUT2D eigenvalue weighted by Gasteiger charge is -2.14. The molecule has 0 spiro atoms. The first-order valence-electron chi connectivity index (χ1n) is 3.83. The molecule has 0 bridgehead atoms. The third-order valence-electron chi connectivity index (χ3n) is 2.36. The van der Waals surface area contributed by atoms with E-state index in [2.05, 4.69) is 18.2 Å². The average molecular weight is 120 g/mol. The highest BCUT2D eigenvalue weighted by molar-refractivity contribution is 5.27. The van der Waals surface area contributed by atoms with E-state index in [-0.39, 0.29) is 0 Å². The molecule has 1 atom stereocenters. The van der Waals surface area contributed by atoms with Crippen LogP contribution in [0.2, 0.25) is 0 Å². The summed E-state index contributed by atoms with van der Waals surface area (Å²) in [5.41, 5.74) is 1.61. The van der Waals surface area contributed by atoms with Gasteiger partial charge in [0.1, 0.15) is 0 Å². The standard InChI is InChI=1S/C9H12/c1-2-5-9-7-3-6-8(9)4-1/h1,4,6,9H,2-3,5,7H2. The highest BCUT2D eigenvalue weighted by atomic mass is 14.2. The van der Waals surface area contributed by atoms with Crippen molar-refractivity contribution in [3.8, 4) is 0 Å². The van der Waals surface area contributed by atoms with Gasteiger partial charge < -0.3 is 0 Å². The van der Waals surface area contributed by atoms with Crippen LogP contribution in [0.5, 0.6) is 0 Å². The van der Waals surface area contributed by atoms with Crippen LogP contribution in [0, 0.1) is 5.92 Å². The fourth-order valence-electron chi connectivity index (χ4n) is 1.82. The summed E-state index contributed by atoms with van der Waals surface area (Å²) in [5, 5.41) is 0. The second-order valence-corrected chi connectivity index (χ2v) is 2.96. The van der Waals surface area contributed by atoms with Crippen LogP contribution in [0.3, 0.4) is 0 Å². The van der Waals surface area contributed by atoms with Gasteiger partial charge in [-0.25, -0.2) is 0 Å². The summed E-state index contributed by atoms with van der Waals surface area (Å²) in [7, 11) is 0. The molecule has 2 aliphatic rings. The van der Waals surface area contributed by atoms with Crippen LogP contribution in [0.4, 0.5) is 0 Å². The smallest absolute Gasteiger partial charge is 0.0159 e. The van der Waals surface area contributed by atoms with Crippen molar-refractivity contribution in [1.82, 2.24) is 0 Å². The second kappa shape index (κ2) is 2.02. The van der Waals surface area contributed by atoms with E-state index < -0.39 is 0 Å². The molecule has 0 aliphatic heterocycles. The minimum absolute atomic E-state index is 0.940. The molecule has 2 aliphatic carbocycles. The average Bonchev–Trinajstić information content (AvgIpc) is 2.33. The van der Waals surface area contributed by atoms with Crippen LogP contribution >= 0.6 is 0 Å². The predicted octanol–water partition coefficient (Wildman–Crippen LogP) is 2.67. The Kier molecular flexibility index (Phi) is 1.18. The zero-order valence-electron chi connectivity index (χ0n) is 5.64. The Labute approximate surface area is 56.3 Å². The first kappa shape index (κ1) is 5.28. The molecule has 0 saturated carbocycles. The van der Waals surface area contributed by atoms with Gasteiger partial charge in [-0.1, -0.05) is 18.2 Å². The normalized spacial score (nSPS) is 32.0. The predicted molar refractivity (Wildman–Crippen MR) is 39.2 cm³/mol. The van der Waals surface area contributed by atoms with Crippen molar-refractivity contribution in [2.45, 2.75) is 25.7 Å². The minimum atomic E-state index is 0.940. The lowest BCUT2D eigenvalue weighted by atomic mass is 9.91. The largest absolute Gasteiger partial charge is 0.0842 e. The third kappa shape index (κ3) is 0.827. The second-order valence-electron chi connectivity index (χ2n) is 2.96. The van der Waals surface area contributed by atoms with E-state index >= 15 is 0 Å². The summed E-state index contributed by atoms with van der Waals surface area (Å²) in [6.45, 7) is 0. The van der Waals surface area contributed by atoms with Crippen LogP contribution in [0.15, 0.2) is 23.8 Å². The summed E-state index contributed by atoms with van der Waals surface area (Å²) < 4.78 is 0. The zero-order valence-corrected chi connectivity index (χ0v) is 5.64. The summed E-state index contributed by atoms with van der Waals surface area (Å²) in [6.07, 6.45) is 12.4. The number of fused-ring (bicyclic) bond motifs is 1. The summed E-state index contributed by atoms with van der Waals surface area (Å²) >= 11 is 0. The molecule has 48 valence electrons. The number of allylic oxidation sites excluding steroid dienone is 4. The molecule has 9 heavy (non-hydrogen) atoms. The fraction of sp³-hybridized carbons (Fsp3) is 0.556. The van der Waals surface area contributed by atoms with Gasteiger partial charge in [-0.2, -0.15) is 0 Å². The minimum Gasteiger partial charge on any atom is -0.0842 e. The van der Waals surface area contributed by atoms with Gasteiger partial charge in [0.15, 0.2) is 0 Å². The molecule has 0 aromatic heterocycles. The van der Waals surface area contributed by atoms with E-state index in [0.29, 0.717) is 0 Å². The Morgan fingerprint density at radius 2 is 2.11 bits per heavy atom. The maximum atomic E-state index is 2.39. The Morgan fingerprint density at radius 3 is 3.00 bits per heavy atom. The first-order chi connectivity index (χ1) is 4.47. The summed E-state index contributed by atoms with van der Waals surface area (Å²) in [6, 6.07) is 0. The van der Waals surface area contributed by atoms with Gasteiger partial charge >= 0.3 is 0 Å². The molecule has 1 unspecified atom stereocenters. The summed E-state index contributed by atoms with van der Waals surface area (Å²) in [5.74, 6) is 0.940. The Hall–Kier alpha value is -0.520. The van der Waals surface area contributed by atoms with E-state index in [4.69, 9.17) is 0 Å². The topological polar surface area (TPSA) is 0 Å². The quantitative estimate of drug-likeness (QED) is 0.461. The Balaban J connectivity index is 2.24. The van der Waals surface area contributed by atoms with Crippen LogP contribution in [-0.4, -0.2) is 0 Å². The van der Waals surface area contributed by atoms with Gasteiger partial charge in [0.2, 0.25) is 0 Å². The van der Waals surface area contributed by atoms with Crippen molar-refractivity contribution in [3.63, 3.8) is 0 Å². The zero-order chi connectivity index (χ0) is 6.10. The molecule has 0 heterocycles. The van der Waals surface area contributed by atoms with E-state index in [1.807, 2.05) is 0 Å². The molecule has 0 saturated heterocycles. The van der Waals surface area contributed by atoms with Crippen LogP contribution in [-0.2, 0) is 0 Å². The molecular formula is C9H12. The number of hydrogen-bond donors (Lipinski definition) is 0. The monoisotopic (exact) mass is 120 g/mol. The molecule has 0 N–H and O–H groups in total. The van der Waals surface area contributed by atoms with Crippen molar-refractivity contribution in [1.29, 1.82) is 0 Å². The van der Waals surface area contributed by atoms with Gasteiger partial charge in [-0.05, 0) is 37.2 Å². The lowest BCUT2D eigenvalue weighted by molar-refractivity contribution is 0.557. The van der Waals surface area contributed by atoms with Crippen molar-refractivity contribution in [2.75, 3.05) is 0 Å². The molecule has 0 nitrogen and oxygen atoms in total. The summed E-state index contributed by atoms with van der Waals surface area (Å²) in [4.78, 5) is 0. The van der Waals surface area contributed by atoms with Crippen LogP contribution in [0.25, 0.3) is 0 Å². The molecule has 2 rings (SSSR count). The van der Waals surface area contributed by atoms with Crippen molar-refractivity contribution >= 4 is 0 Å².